The lowest BCUT2D eigenvalue weighted by Gasteiger charge is -2.07. The molecule has 0 aliphatic rings. The number of carboxylic acid groups (broad SMARTS) is 6. The van der Waals surface area contributed by atoms with E-state index >= 15 is 0 Å². The average Bonchev–Trinajstić information content (AvgIpc) is 3.52. The van der Waals surface area contributed by atoms with E-state index < -0.39 is 66.0 Å². The van der Waals surface area contributed by atoms with Gasteiger partial charge in [-0.25, -0.2) is 4.98 Å². The van der Waals surface area contributed by atoms with E-state index in [2.05, 4.69) is 20.7 Å². The summed E-state index contributed by atoms with van der Waals surface area (Å²) in [6, 6.07) is -3.78. The minimum absolute atomic E-state index is 0.0129. The third-order valence-corrected chi connectivity index (χ3v) is 5.25. The minimum atomic E-state index is -1.00. The van der Waals surface area contributed by atoms with Crippen LogP contribution in [0.1, 0.15) is 66.0 Å². The van der Waals surface area contributed by atoms with Gasteiger partial charge < -0.3 is 81.5 Å². The maximum atomic E-state index is 10.3. The molecule has 0 aliphatic heterocycles. The van der Waals surface area contributed by atoms with Crippen LogP contribution in [0, 0.1) is 11.8 Å². The Morgan fingerprint density at radius 3 is 1.27 bits per heavy atom. The van der Waals surface area contributed by atoms with E-state index in [1.165, 1.54) is 13.3 Å². The Morgan fingerprint density at radius 1 is 0.692 bits per heavy atom. The standard InChI is InChI=1S/C6H14N4O2.C6H9N3O2.2C6H13NO2.C3H7NO2.C2H5NO2/c7-4(5(11)12)2-1-3-10-6(8)9;7-5(6(10)11)1-4-2-8-3-9-4;2*1-4(2)3-5(7)6(8)9;1-2(4)3(5)6;3-1-2(4)5/h4H,1-3,7H2,(H,11,12)(H4,8,9,10);2-3,5H,1,7H2,(H,8,9)(H,10,11);2*4-5H,3,7H2,1-2H3,(H,8,9);2H,4H2,1H3,(H,5,6);1,3H2,(H,4,5)/t4-;3*5-;2-;/m00000./s1. The topological polar surface area (TPSA) is 473 Å². The predicted molar refractivity (Wildman–Crippen MR) is 192 cm³/mol. The van der Waals surface area contributed by atoms with Crippen LogP contribution in [0.5, 0.6) is 0 Å². The van der Waals surface area contributed by atoms with Crippen LogP contribution in [0.3, 0.4) is 0 Å². The fraction of sp³-hybridized carbons (Fsp3) is 0.655. The number of aliphatic imine (C=N–C) groups is 1. The summed E-state index contributed by atoms with van der Waals surface area (Å²) < 4.78 is 0. The van der Waals surface area contributed by atoms with Crippen molar-refractivity contribution in [3.8, 4) is 0 Å². The normalized spacial score (nSPS) is 12.6. The molecule has 0 amide bonds. The number of carbonyl (C=O) groups is 6. The van der Waals surface area contributed by atoms with Crippen molar-refractivity contribution in [1.29, 1.82) is 0 Å². The molecule has 1 aromatic heterocycles. The Labute approximate surface area is 302 Å². The van der Waals surface area contributed by atoms with E-state index in [0.29, 0.717) is 44.1 Å². The summed E-state index contributed by atoms with van der Waals surface area (Å²) in [4.78, 5) is 69.7. The van der Waals surface area contributed by atoms with E-state index in [-0.39, 0.29) is 18.9 Å². The first-order valence-electron chi connectivity index (χ1n) is 15.6. The summed E-state index contributed by atoms with van der Waals surface area (Å²) in [7, 11) is 0. The Morgan fingerprint density at radius 2 is 1.06 bits per heavy atom. The van der Waals surface area contributed by atoms with Gasteiger partial charge in [0, 0.05) is 24.9 Å². The van der Waals surface area contributed by atoms with Gasteiger partial charge in [0.05, 0.1) is 12.9 Å². The zero-order valence-electron chi connectivity index (χ0n) is 30.3. The molecule has 0 fully saturated rings. The van der Waals surface area contributed by atoms with Crippen molar-refractivity contribution >= 4 is 41.8 Å². The van der Waals surface area contributed by atoms with E-state index in [1.54, 1.807) is 6.20 Å². The molecule has 5 atom stereocenters. The van der Waals surface area contributed by atoms with Gasteiger partial charge in [0.15, 0.2) is 5.96 Å². The van der Waals surface area contributed by atoms with Crippen LogP contribution in [0.4, 0.5) is 0 Å². The second kappa shape index (κ2) is 34.5. The molecule has 304 valence electrons. The van der Waals surface area contributed by atoms with Crippen LogP contribution in [-0.2, 0) is 35.2 Å². The molecule has 52 heavy (non-hydrogen) atoms. The molecule has 1 heterocycles. The molecule has 0 bridgehead atoms. The lowest BCUT2D eigenvalue weighted by Crippen LogP contribution is -2.32. The molecule has 23 N–H and O–H groups in total. The van der Waals surface area contributed by atoms with Crippen molar-refractivity contribution in [3.05, 3.63) is 18.2 Å². The summed E-state index contributed by atoms with van der Waals surface area (Å²) in [6.07, 6.45) is 5.39. The van der Waals surface area contributed by atoms with E-state index in [0.717, 1.165) is 5.69 Å². The summed E-state index contributed by atoms with van der Waals surface area (Å²) in [5.41, 5.74) is 41.2. The quantitative estimate of drug-likeness (QED) is 0.0458. The fourth-order valence-corrected chi connectivity index (χ4v) is 2.58. The molecule has 1 rings (SSSR count). The van der Waals surface area contributed by atoms with Crippen LogP contribution >= 0.6 is 0 Å². The number of H-pyrrole nitrogens is 1. The number of rotatable bonds is 16. The van der Waals surface area contributed by atoms with Crippen LogP contribution in [0.25, 0.3) is 0 Å². The molecule has 0 aliphatic carbocycles. The van der Waals surface area contributed by atoms with Gasteiger partial charge in [-0.15, -0.1) is 0 Å². The van der Waals surface area contributed by atoms with Gasteiger partial charge in [0.1, 0.15) is 30.2 Å². The highest BCUT2D eigenvalue weighted by Crippen LogP contribution is 2.02. The highest BCUT2D eigenvalue weighted by molar-refractivity contribution is 5.76. The zero-order valence-corrected chi connectivity index (χ0v) is 30.3. The average molecular weight is 756 g/mol. The van der Waals surface area contributed by atoms with Gasteiger partial charge in [0.25, 0.3) is 0 Å². The van der Waals surface area contributed by atoms with Crippen LogP contribution in [0.15, 0.2) is 17.5 Å². The first-order valence-corrected chi connectivity index (χ1v) is 15.6. The lowest BCUT2D eigenvalue weighted by molar-refractivity contribution is -0.139. The number of aliphatic carboxylic acids is 6. The zero-order chi connectivity index (χ0) is 42.1. The molecule has 0 radical (unpaired) electrons. The number of carboxylic acids is 6. The Kier molecular flexibility index (Phi) is 37.5. The highest BCUT2D eigenvalue weighted by Gasteiger charge is 2.13. The van der Waals surface area contributed by atoms with Crippen LogP contribution < -0.4 is 45.9 Å². The van der Waals surface area contributed by atoms with Crippen LogP contribution in [-0.4, -0.2) is 126 Å². The van der Waals surface area contributed by atoms with Crippen molar-refractivity contribution in [2.24, 2.45) is 62.7 Å². The third kappa shape index (κ3) is 47.2. The van der Waals surface area contributed by atoms with Gasteiger partial charge >= 0.3 is 35.8 Å². The van der Waals surface area contributed by atoms with Gasteiger partial charge in [-0.05, 0) is 44.4 Å². The SMILES string of the molecule is CC(C)C[C@H](N)C(=O)O.CC(C)C[C@H](N)C(=O)O.C[C@H](N)C(=O)O.NC(N)=NCCC[C@H](N)C(=O)O.NCC(=O)O.N[C@@H](Cc1cnc[nH]1)C(=O)O. The van der Waals surface area contributed by atoms with Crippen molar-refractivity contribution in [3.63, 3.8) is 0 Å². The number of nitrogens with one attached hydrogen (secondary N) is 1. The first kappa shape index (κ1) is 56.4. The molecular weight excluding hydrogens is 694 g/mol. The molecular formula is C29H61N11O12. The molecule has 0 saturated carbocycles. The molecule has 0 aromatic carbocycles. The molecule has 0 unspecified atom stereocenters. The van der Waals surface area contributed by atoms with E-state index in [4.69, 9.17) is 70.8 Å². The largest absolute Gasteiger partial charge is 0.480 e. The lowest BCUT2D eigenvalue weighted by atomic mass is 10.1. The van der Waals surface area contributed by atoms with Crippen molar-refractivity contribution in [1.82, 2.24) is 9.97 Å². The summed E-state index contributed by atoms with van der Waals surface area (Å²) in [5.74, 6) is -5.03. The maximum Gasteiger partial charge on any atom is 0.320 e. The molecule has 1 aromatic rings. The monoisotopic (exact) mass is 755 g/mol. The highest BCUT2D eigenvalue weighted by atomic mass is 16.4. The van der Waals surface area contributed by atoms with Crippen molar-refractivity contribution in [2.75, 3.05) is 13.1 Å². The Hall–Kier alpha value is -4.94. The van der Waals surface area contributed by atoms with Gasteiger partial charge in [-0.1, -0.05) is 27.7 Å². The van der Waals surface area contributed by atoms with E-state index in [1.807, 2.05) is 27.7 Å². The minimum Gasteiger partial charge on any atom is -0.480 e. The van der Waals surface area contributed by atoms with Crippen LogP contribution in [0.2, 0.25) is 0 Å². The fourth-order valence-electron chi connectivity index (χ4n) is 2.58. The second-order valence-electron chi connectivity index (χ2n) is 11.5. The predicted octanol–water partition coefficient (Wildman–Crippen LogP) is -2.85. The van der Waals surface area contributed by atoms with Gasteiger partial charge in [0.2, 0.25) is 0 Å². The number of imidazole rings is 1. The molecule has 23 heteroatoms. The molecule has 0 saturated heterocycles. The number of hydrogen-bond donors (Lipinski definition) is 15. The summed E-state index contributed by atoms with van der Waals surface area (Å²) >= 11 is 0. The van der Waals surface area contributed by atoms with Gasteiger partial charge in [-0.3, -0.25) is 33.8 Å². The number of guanidine groups is 1. The number of hydrogen-bond acceptors (Lipinski definition) is 14. The summed E-state index contributed by atoms with van der Waals surface area (Å²) in [6.45, 7) is 9.35. The number of nitrogens with two attached hydrogens (primary N) is 8. The number of nitrogens with zero attached hydrogens (tertiary/aromatic N) is 2. The molecule has 23 nitrogen and oxygen atoms in total. The third-order valence-electron chi connectivity index (χ3n) is 5.25. The maximum absolute atomic E-state index is 10.3. The Bertz CT molecular complexity index is 1120. The number of aromatic amines is 1. The Balaban J connectivity index is -0.000000174. The van der Waals surface area contributed by atoms with Crippen molar-refractivity contribution in [2.45, 2.75) is 96.9 Å². The van der Waals surface area contributed by atoms with Crippen molar-refractivity contribution < 1.29 is 59.4 Å². The second-order valence-corrected chi connectivity index (χ2v) is 11.5. The first-order chi connectivity index (χ1) is 23.7. The molecule has 0 spiro atoms. The van der Waals surface area contributed by atoms with E-state index in [9.17, 15) is 28.8 Å². The summed E-state index contributed by atoms with van der Waals surface area (Å²) in [5, 5.41) is 48.9. The smallest absolute Gasteiger partial charge is 0.320 e. The van der Waals surface area contributed by atoms with Gasteiger partial charge in [-0.2, -0.15) is 0 Å². The number of aromatic nitrogens is 2.